The van der Waals surface area contributed by atoms with E-state index in [0.717, 1.165) is 19.3 Å². The molecule has 0 unspecified atom stereocenters. The smallest absolute Gasteiger partial charge is 0.214 e. The van der Waals surface area contributed by atoms with Crippen LogP contribution in [0.15, 0.2) is 0 Å². The molecule has 0 aliphatic heterocycles. The van der Waals surface area contributed by atoms with Crippen LogP contribution in [0, 0.1) is 5.92 Å². The van der Waals surface area contributed by atoms with Crippen molar-refractivity contribution in [3.63, 3.8) is 0 Å². The van der Waals surface area contributed by atoms with Crippen LogP contribution in [0.5, 0.6) is 0 Å². The second-order valence-corrected chi connectivity index (χ2v) is 5.92. The van der Waals surface area contributed by atoms with Gasteiger partial charge in [-0.2, -0.15) is 0 Å². The highest BCUT2D eigenvalue weighted by Gasteiger charge is 2.31. The number of nitrogens with two attached hydrogens (primary N) is 1. The fraction of sp³-hybridized carbons (Fsp3) is 1.00. The fourth-order valence-electron chi connectivity index (χ4n) is 1.47. The van der Waals surface area contributed by atoms with Crippen molar-refractivity contribution < 1.29 is 8.42 Å². The van der Waals surface area contributed by atoms with E-state index in [1.54, 1.807) is 0 Å². The Kier molecular flexibility index (Phi) is 4.34. The van der Waals surface area contributed by atoms with Gasteiger partial charge in [-0.25, -0.2) is 12.7 Å². The molecule has 0 radical (unpaired) electrons. The highest BCUT2D eigenvalue weighted by atomic mass is 32.2. The van der Waals surface area contributed by atoms with Crippen LogP contribution in [-0.4, -0.2) is 38.1 Å². The topological polar surface area (TPSA) is 63.4 Å². The molecule has 0 aromatic carbocycles. The summed E-state index contributed by atoms with van der Waals surface area (Å²) < 4.78 is 25.2. The van der Waals surface area contributed by atoms with Crippen molar-refractivity contribution >= 4 is 10.0 Å². The average molecular weight is 220 g/mol. The number of hydrogen-bond donors (Lipinski definition) is 1. The fourth-order valence-corrected chi connectivity index (χ4v) is 3.46. The first kappa shape index (κ1) is 11.9. The lowest BCUT2D eigenvalue weighted by atomic mass is 10.5. The SMILES string of the molecule is CCCN(CCN)S(=O)(=O)CC1CC1. The summed E-state index contributed by atoms with van der Waals surface area (Å²) in [5.41, 5.74) is 5.40. The van der Waals surface area contributed by atoms with Crippen LogP contribution in [0.3, 0.4) is 0 Å². The predicted molar refractivity (Wildman–Crippen MR) is 57.4 cm³/mol. The zero-order valence-electron chi connectivity index (χ0n) is 8.78. The van der Waals surface area contributed by atoms with E-state index in [2.05, 4.69) is 0 Å². The largest absolute Gasteiger partial charge is 0.329 e. The molecule has 4 nitrogen and oxygen atoms in total. The minimum Gasteiger partial charge on any atom is -0.329 e. The van der Waals surface area contributed by atoms with E-state index in [1.807, 2.05) is 6.92 Å². The highest BCUT2D eigenvalue weighted by Crippen LogP contribution is 2.31. The molecule has 1 fully saturated rings. The van der Waals surface area contributed by atoms with Crippen LogP contribution in [0.2, 0.25) is 0 Å². The van der Waals surface area contributed by atoms with E-state index < -0.39 is 10.0 Å². The molecular formula is C9H20N2O2S. The molecule has 1 saturated carbocycles. The van der Waals surface area contributed by atoms with Crippen LogP contribution < -0.4 is 5.73 Å². The number of nitrogens with zero attached hydrogens (tertiary/aromatic N) is 1. The molecule has 2 N–H and O–H groups in total. The van der Waals surface area contributed by atoms with Crippen molar-refractivity contribution in [2.45, 2.75) is 26.2 Å². The summed E-state index contributed by atoms with van der Waals surface area (Å²) in [7, 11) is -3.03. The van der Waals surface area contributed by atoms with Crippen LogP contribution in [0.4, 0.5) is 0 Å². The van der Waals surface area contributed by atoms with Crippen molar-refractivity contribution in [3.8, 4) is 0 Å². The summed E-state index contributed by atoms with van der Waals surface area (Å²) in [6.07, 6.45) is 2.99. The van der Waals surface area contributed by atoms with Gasteiger partial charge >= 0.3 is 0 Å². The Hall–Kier alpha value is -0.130. The summed E-state index contributed by atoms with van der Waals surface area (Å²) in [5, 5.41) is 0. The molecule has 0 saturated heterocycles. The van der Waals surface area contributed by atoms with Crippen molar-refractivity contribution in [3.05, 3.63) is 0 Å². The molecule has 0 aromatic rings. The molecule has 14 heavy (non-hydrogen) atoms. The van der Waals surface area contributed by atoms with Crippen LogP contribution in [0.1, 0.15) is 26.2 Å². The van der Waals surface area contributed by atoms with Gasteiger partial charge in [-0.05, 0) is 25.2 Å². The van der Waals surface area contributed by atoms with Crippen LogP contribution in [0.25, 0.3) is 0 Å². The molecule has 1 rings (SSSR count). The van der Waals surface area contributed by atoms with Crippen molar-refractivity contribution in [1.82, 2.24) is 4.31 Å². The van der Waals surface area contributed by atoms with Gasteiger partial charge in [0.1, 0.15) is 0 Å². The molecule has 0 aromatic heterocycles. The number of rotatable bonds is 7. The van der Waals surface area contributed by atoms with Gasteiger partial charge in [0.2, 0.25) is 10.0 Å². The maximum absolute atomic E-state index is 11.8. The minimum absolute atomic E-state index is 0.326. The summed E-state index contributed by atoms with van der Waals surface area (Å²) in [5.74, 6) is 0.740. The maximum atomic E-state index is 11.8. The molecule has 0 bridgehead atoms. The van der Waals surface area contributed by atoms with Crippen molar-refractivity contribution in [2.75, 3.05) is 25.4 Å². The molecule has 0 atom stereocenters. The van der Waals surface area contributed by atoms with Crippen LogP contribution >= 0.6 is 0 Å². The van der Waals surface area contributed by atoms with Crippen molar-refractivity contribution in [2.24, 2.45) is 11.7 Å². The Morgan fingerprint density at radius 1 is 1.36 bits per heavy atom. The number of hydrogen-bond acceptors (Lipinski definition) is 3. The van der Waals surface area contributed by atoms with Gasteiger partial charge in [0, 0.05) is 19.6 Å². The third-order valence-corrected chi connectivity index (χ3v) is 4.43. The zero-order valence-corrected chi connectivity index (χ0v) is 9.59. The maximum Gasteiger partial charge on any atom is 0.214 e. The molecule has 0 amide bonds. The monoisotopic (exact) mass is 220 g/mol. The second kappa shape index (κ2) is 5.09. The van der Waals surface area contributed by atoms with Crippen molar-refractivity contribution in [1.29, 1.82) is 0 Å². The van der Waals surface area contributed by atoms with E-state index in [1.165, 1.54) is 4.31 Å². The van der Waals surface area contributed by atoms with E-state index in [0.29, 0.717) is 31.3 Å². The lowest BCUT2D eigenvalue weighted by Crippen LogP contribution is -2.37. The summed E-state index contributed by atoms with van der Waals surface area (Å²) in [6.45, 7) is 3.45. The first-order valence-corrected chi connectivity index (χ1v) is 6.89. The lowest BCUT2D eigenvalue weighted by Gasteiger charge is -2.20. The Balaban J connectivity index is 2.53. The quantitative estimate of drug-likeness (QED) is 0.675. The summed E-state index contributed by atoms with van der Waals surface area (Å²) >= 11 is 0. The minimum atomic E-state index is -3.03. The van der Waals surface area contributed by atoms with Gasteiger partial charge in [0.15, 0.2) is 0 Å². The molecule has 84 valence electrons. The van der Waals surface area contributed by atoms with E-state index in [4.69, 9.17) is 5.73 Å². The second-order valence-electron chi connectivity index (χ2n) is 3.91. The Morgan fingerprint density at radius 3 is 2.43 bits per heavy atom. The van der Waals surface area contributed by atoms with Gasteiger partial charge in [-0.1, -0.05) is 6.92 Å². The Labute approximate surface area is 86.5 Å². The number of sulfonamides is 1. The molecule has 0 spiro atoms. The van der Waals surface area contributed by atoms with Gasteiger partial charge in [0.25, 0.3) is 0 Å². The first-order valence-electron chi connectivity index (χ1n) is 5.28. The van der Waals surface area contributed by atoms with E-state index in [9.17, 15) is 8.42 Å². The lowest BCUT2D eigenvalue weighted by molar-refractivity contribution is 0.416. The standard InChI is InChI=1S/C9H20N2O2S/c1-2-6-11(7-5-10)14(12,13)8-9-3-4-9/h9H,2-8,10H2,1H3. The highest BCUT2D eigenvalue weighted by molar-refractivity contribution is 7.89. The Bertz CT molecular complexity index is 254. The van der Waals surface area contributed by atoms with Gasteiger partial charge in [0.05, 0.1) is 5.75 Å². The third-order valence-electron chi connectivity index (χ3n) is 2.39. The predicted octanol–water partition coefficient (Wildman–Crippen LogP) is 0.397. The molecule has 1 aliphatic carbocycles. The van der Waals surface area contributed by atoms with Crippen LogP contribution in [-0.2, 0) is 10.0 Å². The molecule has 0 heterocycles. The Morgan fingerprint density at radius 2 is 2.00 bits per heavy atom. The third kappa shape index (κ3) is 3.55. The summed E-state index contributed by atoms with van der Waals surface area (Å²) in [4.78, 5) is 0. The molecule has 1 aliphatic rings. The van der Waals surface area contributed by atoms with Gasteiger partial charge in [-0.15, -0.1) is 0 Å². The normalized spacial score (nSPS) is 17.6. The van der Waals surface area contributed by atoms with E-state index in [-0.39, 0.29) is 0 Å². The molecule has 5 heteroatoms. The summed E-state index contributed by atoms with van der Waals surface area (Å²) in [6, 6.07) is 0. The van der Waals surface area contributed by atoms with Gasteiger partial charge < -0.3 is 5.73 Å². The first-order chi connectivity index (χ1) is 6.60. The average Bonchev–Trinajstić information content (AvgIpc) is 2.87. The van der Waals surface area contributed by atoms with Gasteiger partial charge in [-0.3, -0.25) is 0 Å². The molecular weight excluding hydrogens is 200 g/mol. The van der Waals surface area contributed by atoms with E-state index >= 15 is 0 Å². The zero-order chi connectivity index (χ0) is 10.6.